The van der Waals surface area contributed by atoms with Crippen LogP contribution in [0, 0.1) is 5.82 Å². The molecule has 4 heterocycles. The number of nitrogens with zero attached hydrogens (tertiary/aromatic N) is 4. The summed E-state index contributed by atoms with van der Waals surface area (Å²) in [5.41, 5.74) is 5.09. The van der Waals surface area contributed by atoms with E-state index in [9.17, 15) is 4.39 Å². The van der Waals surface area contributed by atoms with E-state index in [-0.39, 0.29) is 5.82 Å². The van der Waals surface area contributed by atoms with Gasteiger partial charge in [0, 0.05) is 29.2 Å². The highest BCUT2D eigenvalue weighted by atomic mass is 35.5. The van der Waals surface area contributed by atoms with Crippen molar-refractivity contribution in [3.05, 3.63) is 70.8 Å². The smallest absolute Gasteiger partial charge is 0.132 e. The van der Waals surface area contributed by atoms with Gasteiger partial charge in [-0.3, -0.25) is 9.98 Å². The number of hydrogen-bond acceptors (Lipinski definition) is 5. The van der Waals surface area contributed by atoms with Crippen molar-refractivity contribution < 1.29 is 4.39 Å². The highest BCUT2D eigenvalue weighted by Gasteiger charge is 2.23. The first kappa shape index (κ1) is 18.2. The molecule has 5 nitrogen and oxygen atoms in total. The molecule has 1 N–H and O–H groups in total. The number of aliphatic imine (C=N–C) groups is 1. The van der Waals surface area contributed by atoms with Crippen molar-refractivity contribution in [1.29, 1.82) is 0 Å². The van der Waals surface area contributed by atoms with Crippen molar-refractivity contribution in [3.63, 3.8) is 0 Å². The number of likely N-dealkylation sites (N-methyl/N-ethyl adjacent to an activating group) is 1. The summed E-state index contributed by atoms with van der Waals surface area (Å²) >= 11 is 6.08. The van der Waals surface area contributed by atoms with Crippen LogP contribution < -0.4 is 5.32 Å². The van der Waals surface area contributed by atoms with Crippen molar-refractivity contribution in [2.75, 3.05) is 32.0 Å². The summed E-state index contributed by atoms with van der Waals surface area (Å²) in [5, 5.41) is 3.97. The SMILES string of the molecule is CN1CC(Nc2cnc3ccc(C4=CCN=C4c4cc(Cl)ccc4F)nc3c2)C1. The quantitative estimate of drug-likeness (QED) is 0.709. The largest absolute Gasteiger partial charge is 0.378 e. The zero-order chi connectivity index (χ0) is 20.0. The van der Waals surface area contributed by atoms with Crippen molar-refractivity contribution >= 4 is 39.6 Å². The number of likely N-dealkylation sites (tertiary alicyclic amines) is 1. The number of hydrogen-bond donors (Lipinski definition) is 1. The molecule has 1 aromatic carbocycles. The standard InChI is InChI=1S/C22H19ClFN5/c1-29-11-15(12-29)27-14-9-21-20(26-10-14)5-4-19(28-21)16-6-7-25-22(16)17-8-13(23)2-3-18(17)24/h2-6,8-10,15,27H,7,11-12H2,1H3. The van der Waals surface area contributed by atoms with Gasteiger partial charge in [-0.15, -0.1) is 0 Å². The van der Waals surface area contributed by atoms with Crippen molar-refractivity contribution in [2.24, 2.45) is 4.99 Å². The van der Waals surface area contributed by atoms with E-state index in [0.29, 0.717) is 28.9 Å². The van der Waals surface area contributed by atoms with Crippen LogP contribution >= 0.6 is 11.6 Å². The zero-order valence-electron chi connectivity index (χ0n) is 15.9. The molecule has 0 atom stereocenters. The fourth-order valence-electron chi connectivity index (χ4n) is 3.81. The number of anilines is 1. The fourth-order valence-corrected chi connectivity index (χ4v) is 3.98. The van der Waals surface area contributed by atoms with E-state index in [0.717, 1.165) is 41.1 Å². The number of pyridine rings is 2. The molecule has 0 spiro atoms. The Morgan fingerprint density at radius 1 is 1.14 bits per heavy atom. The van der Waals surface area contributed by atoms with Crippen molar-refractivity contribution in [1.82, 2.24) is 14.9 Å². The molecule has 7 heteroatoms. The number of aromatic nitrogens is 2. The molecule has 1 fully saturated rings. The molecular weight excluding hydrogens is 389 g/mol. The minimum atomic E-state index is -0.347. The van der Waals surface area contributed by atoms with Crippen LogP contribution in [0.1, 0.15) is 11.3 Å². The van der Waals surface area contributed by atoms with E-state index in [1.54, 1.807) is 6.07 Å². The first-order chi connectivity index (χ1) is 14.1. The van der Waals surface area contributed by atoms with Crippen LogP contribution in [0.15, 0.2) is 53.7 Å². The molecule has 0 radical (unpaired) electrons. The normalized spacial score (nSPS) is 17.2. The Balaban J connectivity index is 1.47. The second-order valence-corrected chi connectivity index (χ2v) is 7.89. The van der Waals surface area contributed by atoms with Gasteiger partial charge in [-0.25, -0.2) is 9.37 Å². The summed E-state index contributed by atoms with van der Waals surface area (Å²) in [6, 6.07) is 10.8. The molecule has 0 unspecified atom stereocenters. The van der Waals surface area contributed by atoms with Gasteiger partial charge >= 0.3 is 0 Å². The van der Waals surface area contributed by atoms with Crippen LogP contribution in [0.25, 0.3) is 16.6 Å². The lowest BCUT2D eigenvalue weighted by Crippen LogP contribution is -2.52. The Kier molecular flexibility index (Phi) is 4.53. The van der Waals surface area contributed by atoms with Gasteiger partial charge < -0.3 is 10.2 Å². The van der Waals surface area contributed by atoms with Gasteiger partial charge in [0.25, 0.3) is 0 Å². The van der Waals surface area contributed by atoms with E-state index in [2.05, 4.69) is 27.2 Å². The number of fused-ring (bicyclic) bond motifs is 1. The predicted octanol–water partition coefficient (Wildman–Crippen LogP) is 4.03. The summed E-state index contributed by atoms with van der Waals surface area (Å²) in [7, 11) is 2.10. The lowest BCUT2D eigenvalue weighted by atomic mass is 9.99. The maximum atomic E-state index is 14.4. The third-order valence-corrected chi connectivity index (χ3v) is 5.47. The third kappa shape index (κ3) is 3.50. The topological polar surface area (TPSA) is 53.4 Å². The van der Waals surface area contributed by atoms with Gasteiger partial charge in [0.15, 0.2) is 0 Å². The van der Waals surface area contributed by atoms with Crippen LogP contribution in [0.3, 0.4) is 0 Å². The molecule has 0 bridgehead atoms. The van der Waals surface area contributed by atoms with Gasteiger partial charge in [-0.1, -0.05) is 17.7 Å². The van der Waals surface area contributed by atoms with Crippen LogP contribution in [-0.4, -0.2) is 53.3 Å². The second kappa shape index (κ2) is 7.21. The molecule has 0 amide bonds. The lowest BCUT2D eigenvalue weighted by Gasteiger charge is -2.37. The molecule has 2 aliphatic heterocycles. The average Bonchev–Trinajstić information content (AvgIpc) is 3.18. The Labute approximate surface area is 173 Å². The summed E-state index contributed by atoms with van der Waals surface area (Å²) < 4.78 is 14.4. The first-order valence-electron chi connectivity index (χ1n) is 9.49. The molecule has 29 heavy (non-hydrogen) atoms. The number of halogens is 2. The Morgan fingerprint density at radius 3 is 2.83 bits per heavy atom. The van der Waals surface area contributed by atoms with Crippen LogP contribution in [0.4, 0.5) is 10.1 Å². The Morgan fingerprint density at radius 2 is 2.00 bits per heavy atom. The minimum Gasteiger partial charge on any atom is -0.378 e. The molecule has 5 rings (SSSR count). The third-order valence-electron chi connectivity index (χ3n) is 5.23. The van der Waals surface area contributed by atoms with E-state index >= 15 is 0 Å². The molecule has 0 aliphatic carbocycles. The molecule has 2 aromatic heterocycles. The van der Waals surface area contributed by atoms with Gasteiger partial charge in [0.2, 0.25) is 0 Å². The predicted molar refractivity (Wildman–Crippen MR) is 115 cm³/mol. The molecule has 1 saturated heterocycles. The second-order valence-electron chi connectivity index (χ2n) is 7.45. The number of allylic oxidation sites excluding steroid dienone is 1. The van der Waals surface area contributed by atoms with Gasteiger partial charge in [0.1, 0.15) is 5.82 Å². The summed E-state index contributed by atoms with van der Waals surface area (Å²) in [6.45, 7) is 2.53. The van der Waals surface area contributed by atoms with Crippen LogP contribution in [0.2, 0.25) is 5.02 Å². The molecular formula is C22H19ClFN5. The minimum absolute atomic E-state index is 0.347. The van der Waals surface area contributed by atoms with Crippen LogP contribution in [0.5, 0.6) is 0 Å². The van der Waals surface area contributed by atoms with E-state index in [1.165, 1.54) is 12.1 Å². The number of nitrogens with one attached hydrogen (secondary N) is 1. The molecule has 0 saturated carbocycles. The zero-order valence-corrected chi connectivity index (χ0v) is 16.6. The van der Waals surface area contributed by atoms with Crippen LogP contribution in [-0.2, 0) is 0 Å². The number of rotatable bonds is 4. The van der Waals surface area contributed by atoms with E-state index < -0.39 is 0 Å². The molecule has 146 valence electrons. The fraction of sp³-hybridized carbons (Fsp3) is 0.227. The highest BCUT2D eigenvalue weighted by molar-refractivity contribution is 6.35. The van der Waals surface area contributed by atoms with Crippen molar-refractivity contribution in [3.8, 4) is 0 Å². The first-order valence-corrected chi connectivity index (χ1v) is 9.87. The number of benzene rings is 1. The summed E-state index contributed by atoms with van der Waals surface area (Å²) in [6.07, 6.45) is 3.80. The maximum absolute atomic E-state index is 14.4. The maximum Gasteiger partial charge on any atom is 0.132 e. The van der Waals surface area contributed by atoms with Crippen molar-refractivity contribution in [2.45, 2.75) is 6.04 Å². The van der Waals surface area contributed by atoms with Gasteiger partial charge in [-0.2, -0.15) is 0 Å². The van der Waals surface area contributed by atoms with E-state index in [1.807, 2.05) is 30.5 Å². The summed E-state index contributed by atoms with van der Waals surface area (Å²) in [4.78, 5) is 16.0. The van der Waals surface area contributed by atoms with Gasteiger partial charge in [-0.05, 0) is 43.4 Å². The molecule has 3 aromatic rings. The lowest BCUT2D eigenvalue weighted by molar-refractivity contribution is 0.205. The molecule has 2 aliphatic rings. The Bertz CT molecular complexity index is 1170. The monoisotopic (exact) mass is 407 g/mol. The van der Waals surface area contributed by atoms with E-state index in [4.69, 9.17) is 16.6 Å². The highest BCUT2D eigenvalue weighted by Crippen LogP contribution is 2.28. The summed E-state index contributed by atoms with van der Waals surface area (Å²) in [5.74, 6) is -0.347. The average molecular weight is 408 g/mol. The van der Waals surface area contributed by atoms with Gasteiger partial charge in [0.05, 0.1) is 46.9 Å². The Hall–Kier alpha value is -2.83.